The van der Waals surface area contributed by atoms with Crippen molar-refractivity contribution in [2.24, 2.45) is 17.8 Å². The minimum Gasteiger partial charge on any atom is -0.462 e. The van der Waals surface area contributed by atoms with Crippen LogP contribution in [0.5, 0.6) is 0 Å². The molecule has 0 saturated heterocycles. The van der Waals surface area contributed by atoms with Gasteiger partial charge in [-0.15, -0.1) is 0 Å². The Morgan fingerprint density at radius 3 is 0.673 bits per heavy atom. The van der Waals surface area contributed by atoms with E-state index in [0.29, 0.717) is 37.5 Å². The first kappa shape index (κ1) is 99.1. The molecule has 0 saturated carbocycles. The molecule has 0 rings (SSSR count). The molecule has 5 atom stereocenters. The molecule has 17 nitrogen and oxygen atoms in total. The number of aliphatic hydroxyl groups excluding tert-OH is 1. The molecule has 0 fully saturated rings. The van der Waals surface area contributed by atoms with E-state index in [9.17, 15) is 43.2 Å². The molecule has 0 amide bonds. The lowest BCUT2D eigenvalue weighted by Gasteiger charge is -2.21. The average Bonchev–Trinajstić information content (AvgIpc) is 0.934. The van der Waals surface area contributed by atoms with Crippen molar-refractivity contribution in [2.45, 2.75) is 446 Å². The van der Waals surface area contributed by atoms with Crippen molar-refractivity contribution in [1.82, 2.24) is 0 Å². The van der Waals surface area contributed by atoms with Gasteiger partial charge in [0.2, 0.25) is 0 Å². The van der Waals surface area contributed by atoms with Gasteiger partial charge >= 0.3 is 39.5 Å². The zero-order valence-corrected chi connectivity index (χ0v) is 68.2. The number of hydrogen-bond acceptors (Lipinski definition) is 15. The summed E-state index contributed by atoms with van der Waals surface area (Å²) in [5, 5.41) is 10.6. The van der Waals surface area contributed by atoms with E-state index in [1.807, 2.05) is 0 Å². The third kappa shape index (κ3) is 76.1. The van der Waals surface area contributed by atoms with E-state index in [2.05, 4.69) is 48.5 Å². The maximum absolute atomic E-state index is 13.1. The summed E-state index contributed by atoms with van der Waals surface area (Å²) < 4.78 is 68.6. The van der Waals surface area contributed by atoms with Crippen molar-refractivity contribution >= 4 is 39.5 Å². The highest BCUT2D eigenvalue weighted by Gasteiger charge is 2.30. The molecule has 0 heterocycles. The Balaban J connectivity index is 5.16. The predicted molar refractivity (Wildman–Crippen MR) is 414 cm³/mol. The molecule has 0 aromatic carbocycles. The van der Waals surface area contributed by atoms with Crippen molar-refractivity contribution in [2.75, 3.05) is 39.6 Å². The molecule has 0 radical (unpaired) electrons. The van der Waals surface area contributed by atoms with Crippen LogP contribution >= 0.6 is 15.6 Å². The maximum atomic E-state index is 13.1. The number of rotatable bonds is 80. The SMILES string of the molecule is CCCCCCCCCCCCCCCCCCCCCCCC(=O)OC[C@H](COP(=O)(O)OC[C@@H](O)COP(=O)(O)OC[C@@H](COC(=O)CCCCCCCCC(C)C)OC(=O)CCCCCCCCCC(C)C)OC(=O)CCCCCCCCCCCCCCCCCCCCC(C)C. The molecule has 3 N–H and O–H groups in total. The molecule has 2 unspecified atom stereocenters. The number of phosphoric acid groups is 2. The van der Waals surface area contributed by atoms with E-state index in [0.717, 1.165) is 102 Å². The summed E-state index contributed by atoms with van der Waals surface area (Å²) in [6.45, 7) is 11.8. The quantitative estimate of drug-likeness (QED) is 0.0222. The maximum Gasteiger partial charge on any atom is 0.472 e. The largest absolute Gasteiger partial charge is 0.472 e. The summed E-state index contributed by atoms with van der Waals surface area (Å²) in [7, 11) is -9.92. The van der Waals surface area contributed by atoms with Gasteiger partial charge in [-0.05, 0) is 43.4 Å². The first-order chi connectivity index (χ1) is 48.7. The fraction of sp³-hybridized carbons (Fsp3) is 0.951. The lowest BCUT2D eigenvalue weighted by molar-refractivity contribution is -0.161. The van der Waals surface area contributed by atoms with Gasteiger partial charge in [-0.2, -0.15) is 0 Å². The highest BCUT2D eigenvalue weighted by molar-refractivity contribution is 7.47. The monoisotopic (exact) mass is 1480 g/mol. The van der Waals surface area contributed by atoms with Crippen molar-refractivity contribution < 1.29 is 80.2 Å². The molecular formula is C82H160O17P2. The Morgan fingerprint density at radius 2 is 0.455 bits per heavy atom. The normalized spacial score (nSPS) is 14.0. The summed E-state index contributed by atoms with van der Waals surface area (Å²) in [6, 6.07) is 0. The van der Waals surface area contributed by atoms with Crippen molar-refractivity contribution in [1.29, 1.82) is 0 Å². The van der Waals surface area contributed by atoms with Crippen LogP contribution in [0.1, 0.15) is 427 Å². The zero-order chi connectivity index (χ0) is 74.4. The molecule has 0 aliphatic rings. The standard InChI is InChI=1S/C82H160O17P2/c1-8-9-10-11-12-13-14-15-16-17-18-19-20-24-27-30-33-36-41-49-56-63-79(84)92-69-77(98-81(86)65-58-51-42-37-34-31-28-25-22-21-23-26-29-32-35-39-46-53-60-73(2)3)71-96-100(88,89)94-67-76(83)68-95-101(90,91)97-72-78(70-93-80(85)64-57-50-45-44-48-55-62-75(6)7)99-82(87)66-59-52-43-38-40-47-54-61-74(4)5/h73-78,83H,8-72H2,1-7H3,(H,88,89)(H,90,91)/t76-,77-,78-/m1/s1. The van der Waals surface area contributed by atoms with Crippen LogP contribution in [0.4, 0.5) is 0 Å². The smallest absolute Gasteiger partial charge is 0.462 e. The second kappa shape index (κ2) is 72.3. The van der Waals surface area contributed by atoms with Gasteiger partial charge in [0.25, 0.3) is 0 Å². The second-order valence-electron chi connectivity index (χ2n) is 30.9. The van der Waals surface area contributed by atoms with Crippen LogP contribution < -0.4 is 0 Å². The highest BCUT2D eigenvalue weighted by Crippen LogP contribution is 2.45. The van der Waals surface area contributed by atoms with Gasteiger partial charge in [0, 0.05) is 25.7 Å². The minimum atomic E-state index is -4.96. The molecule has 0 spiro atoms. The van der Waals surface area contributed by atoms with Crippen LogP contribution in [0.25, 0.3) is 0 Å². The fourth-order valence-corrected chi connectivity index (χ4v) is 14.2. The van der Waals surface area contributed by atoms with Crippen molar-refractivity contribution in [3.05, 3.63) is 0 Å². The summed E-state index contributed by atoms with van der Waals surface area (Å²) >= 11 is 0. The van der Waals surface area contributed by atoms with E-state index >= 15 is 0 Å². The van der Waals surface area contributed by atoms with Crippen LogP contribution in [-0.4, -0.2) is 96.7 Å². The second-order valence-corrected chi connectivity index (χ2v) is 33.8. The number of carbonyl (C=O) groups is 4. The van der Waals surface area contributed by atoms with E-state index in [1.165, 1.54) is 231 Å². The van der Waals surface area contributed by atoms with Gasteiger partial charge < -0.3 is 33.8 Å². The van der Waals surface area contributed by atoms with Gasteiger partial charge in [-0.25, -0.2) is 9.13 Å². The number of carbonyl (C=O) groups excluding carboxylic acids is 4. The number of ether oxygens (including phenoxy) is 4. The van der Waals surface area contributed by atoms with Crippen LogP contribution in [0.2, 0.25) is 0 Å². The molecular weight excluding hydrogens is 1320 g/mol. The topological polar surface area (TPSA) is 237 Å². The Morgan fingerprint density at radius 1 is 0.267 bits per heavy atom. The lowest BCUT2D eigenvalue weighted by Crippen LogP contribution is -2.30. The Hall–Kier alpha value is -1.94. The number of phosphoric ester groups is 2. The van der Waals surface area contributed by atoms with Crippen molar-refractivity contribution in [3.8, 4) is 0 Å². The van der Waals surface area contributed by atoms with Crippen LogP contribution in [-0.2, 0) is 65.4 Å². The minimum absolute atomic E-state index is 0.103. The summed E-state index contributed by atoms with van der Waals surface area (Å²) in [6.07, 6.45) is 61.7. The van der Waals surface area contributed by atoms with Gasteiger partial charge in [0.05, 0.1) is 26.4 Å². The van der Waals surface area contributed by atoms with Crippen LogP contribution in [0, 0.1) is 17.8 Å². The molecule has 0 aromatic rings. The molecule has 600 valence electrons. The summed E-state index contributed by atoms with van der Waals surface area (Å²) in [4.78, 5) is 72.9. The Bertz CT molecular complexity index is 1960. The van der Waals surface area contributed by atoms with Gasteiger partial charge in [-0.1, -0.05) is 376 Å². The van der Waals surface area contributed by atoms with E-state index in [1.54, 1.807) is 0 Å². The molecule has 0 aliphatic heterocycles. The first-order valence-electron chi connectivity index (χ1n) is 42.3. The Labute approximate surface area is 619 Å². The van der Waals surface area contributed by atoms with Crippen molar-refractivity contribution in [3.63, 3.8) is 0 Å². The average molecular weight is 1480 g/mol. The van der Waals surface area contributed by atoms with E-state index in [-0.39, 0.29) is 25.7 Å². The number of unbranched alkanes of at least 4 members (excludes halogenated alkanes) is 48. The highest BCUT2D eigenvalue weighted by atomic mass is 31.2. The third-order valence-corrected chi connectivity index (χ3v) is 21.0. The van der Waals surface area contributed by atoms with Crippen LogP contribution in [0.15, 0.2) is 0 Å². The molecule has 0 aliphatic carbocycles. The van der Waals surface area contributed by atoms with E-state index in [4.69, 9.17) is 37.0 Å². The molecule has 0 aromatic heterocycles. The summed E-state index contributed by atoms with van der Waals surface area (Å²) in [5.74, 6) is 0.0781. The third-order valence-electron chi connectivity index (χ3n) is 19.1. The van der Waals surface area contributed by atoms with Gasteiger partial charge in [-0.3, -0.25) is 37.3 Å². The van der Waals surface area contributed by atoms with Gasteiger partial charge in [0.1, 0.15) is 19.3 Å². The van der Waals surface area contributed by atoms with Crippen LogP contribution in [0.3, 0.4) is 0 Å². The first-order valence-corrected chi connectivity index (χ1v) is 45.3. The molecule has 19 heteroatoms. The Kier molecular flexibility index (Phi) is 70.9. The number of esters is 4. The molecule has 0 bridgehead atoms. The predicted octanol–water partition coefficient (Wildman–Crippen LogP) is 24.5. The number of aliphatic hydroxyl groups is 1. The zero-order valence-electron chi connectivity index (χ0n) is 66.4. The lowest BCUT2D eigenvalue weighted by atomic mass is 10.0. The van der Waals surface area contributed by atoms with Gasteiger partial charge in [0.15, 0.2) is 12.2 Å². The number of hydrogen-bond donors (Lipinski definition) is 3. The molecule has 101 heavy (non-hydrogen) atoms. The van der Waals surface area contributed by atoms with E-state index < -0.39 is 97.5 Å². The fourth-order valence-electron chi connectivity index (χ4n) is 12.7. The summed E-state index contributed by atoms with van der Waals surface area (Å²) in [5.41, 5.74) is 0.